The maximum atomic E-state index is 11.8. The molecule has 0 aliphatic heterocycles. The molecule has 1 aromatic rings. The Labute approximate surface area is 102 Å². The van der Waals surface area contributed by atoms with E-state index in [2.05, 4.69) is 4.57 Å². The van der Waals surface area contributed by atoms with Crippen molar-refractivity contribution in [1.29, 1.82) is 0 Å². The summed E-state index contributed by atoms with van der Waals surface area (Å²) < 4.78 is 2.11. The van der Waals surface area contributed by atoms with Crippen LogP contribution in [-0.4, -0.2) is 22.1 Å². The summed E-state index contributed by atoms with van der Waals surface area (Å²) in [5, 5.41) is 8.66. The van der Waals surface area contributed by atoms with Crippen molar-refractivity contribution in [3.8, 4) is 0 Å². The van der Waals surface area contributed by atoms with Crippen molar-refractivity contribution < 1.29 is 9.90 Å². The average molecular weight is 235 g/mol. The van der Waals surface area contributed by atoms with Gasteiger partial charge in [-0.25, -0.2) is 0 Å². The van der Waals surface area contributed by atoms with E-state index in [4.69, 9.17) is 5.11 Å². The number of hydrogen-bond acceptors (Lipinski definition) is 2. The number of ketones is 1. The first kappa shape index (κ1) is 12.4. The molecule has 94 valence electrons. The Hall–Kier alpha value is -1.09. The second kappa shape index (κ2) is 6.01. The summed E-state index contributed by atoms with van der Waals surface area (Å²) in [5.74, 6) is 0.638. The van der Waals surface area contributed by atoms with Gasteiger partial charge in [-0.2, -0.15) is 0 Å². The van der Waals surface area contributed by atoms with Gasteiger partial charge in [0.2, 0.25) is 0 Å². The van der Waals surface area contributed by atoms with Gasteiger partial charge in [0.05, 0.1) is 0 Å². The van der Waals surface area contributed by atoms with Crippen LogP contribution in [-0.2, 0) is 6.54 Å². The third kappa shape index (κ3) is 3.70. The van der Waals surface area contributed by atoms with E-state index in [-0.39, 0.29) is 0 Å². The molecule has 0 unspecified atom stereocenters. The average Bonchev–Trinajstić information content (AvgIpc) is 3.08. The molecule has 17 heavy (non-hydrogen) atoms. The smallest absolute Gasteiger partial charge is 0.167 e. The molecule has 1 heterocycles. The summed E-state index contributed by atoms with van der Waals surface area (Å²) in [4.78, 5) is 11.8. The Morgan fingerprint density at radius 2 is 2.06 bits per heavy atom. The molecule has 0 radical (unpaired) electrons. The molecule has 1 aliphatic carbocycles. The molecule has 0 aromatic carbocycles. The minimum atomic E-state index is 0.295. The summed E-state index contributed by atoms with van der Waals surface area (Å²) in [6, 6.07) is 1.94. The van der Waals surface area contributed by atoms with E-state index in [1.54, 1.807) is 0 Å². The van der Waals surface area contributed by atoms with Crippen LogP contribution in [0.5, 0.6) is 0 Å². The van der Waals surface area contributed by atoms with Gasteiger partial charge in [-0.15, -0.1) is 0 Å². The molecule has 2 rings (SSSR count). The van der Waals surface area contributed by atoms with Gasteiger partial charge in [0, 0.05) is 37.0 Å². The lowest BCUT2D eigenvalue weighted by Gasteiger charge is -2.02. The van der Waals surface area contributed by atoms with Gasteiger partial charge in [-0.3, -0.25) is 4.79 Å². The maximum Gasteiger partial charge on any atom is 0.167 e. The molecule has 3 heteroatoms. The number of aliphatic hydroxyl groups is 1. The van der Waals surface area contributed by atoms with E-state index in [1.807, 2.05) is 18.5 Å². The standard InChI is InChI=1S/C14H21NO2/c16-10-4-2-1-3-8-15-9-7-13(11-15)14(17)12-5-6-12/h7,9,11-12,16H,1-6,8,10H2. The van der Waals surface area contributed by atoms with Crippen LogP contribution < -0.4 is 0 Å². The van der Waals surface area contributed by atoms with E-state index in [9.17, 15) is 4.79 Å². The number of carbonyl (C=O) groups is 1. The van der Waals surface area contributed by atoms with E-state index >= 15 is 0 Å². The first-order valence-electron chi connectivity index (χ1n) is 6.62. The number of carbonyl (C=O) groups excluding carboxylic acids is 1. The van der Waals surface area contributed by atoms with Crippen LogP contribution in [0.4, 0.5) is 0 Å². The highest BCUT2D eigenvalue weighted by molar-refractivity contribution is 5.99. The second-order valence-electron chi connectivity index (χ2n) is 4.91. The van der Waals surface area contributed by atoms with Crippen molar-refractivity contribution in [2.45, 2.75) is 45.1 Å². The molecule has 1 N–H and O–H groups in total. The molecule has 1 aromatic heterocycles. The Bertz CT molecular complexity index is 366. The second-order valence-corrected chi connectivity index (χ2v) is 4.91. The predicted octanol–water partition coefficient (Wildman–Crippen LogP) is 2.63. The van der Waals surface area contributed by atoms with Gasteiger partial charge in [0.25, 0.3) is 0 Å². The number of aromatic nitrogens is 1. The van der Waals surface area contributed by atoms with E-state index in [0.29, 0.717) is 18.3 Å². The van der Waals surface area contributed by atoms with Crippen LogP contribution in [0.2, 0.25) is 0 Å². The molecule has 1 aliphatic rings. The molecular weight excluding hydrogens is 214 g/mol. The lowest BCUT2D eigenvalue weighted by atomic mass is 10.1. The molecule has 0 atom stereocenters. The van der Waals surface area contributed by atoms with E-state index < -0.39 is 0 Å². The van der Waals surface area contributed by atoms with Crippen LogP contribution in [0, 0.1) is 5.92 Å². The first-order chi connectivity index (χ1) is 8.31. The molecule has 0 spiro atoms. The van der Waals surface area contributed by atoms with Crippen LogP contribution >= 0.6 is 0 Å². The first-order valence-corrected chi connectivity index (χ1v) is 6.62. The van der Waals surface area contributed by atoms with Crippen molar-refractivity contribution in [2.75, 3.05) is 6.61 Å². The monoisotopic (exact) mass is 235 g/mol. The largest absolute Gasteiger partial charge is 0.396 e. The SMILES string of the molecule is O=C(c1ccn(CCCCCCO)c1)C1CC1. The summed E-state index contributed by atoms with van der Waals surface area (Å²) in [6.07, 6.45) is 10.4. The molecule has 1 saturated carbocycles. The Morgan fingerprint density at radius 1 is 1.29 bits per heavy atom. The number of aliphatic hydroxyl groups excluding tert-OH is 1. The summed E-state index contributed by atoms with van der Waals surface area (Å²) in [6.45, 7) is 1.27. The van der Waals surface area contributed by atoms with Crippen molar-refractivity contribution >= 4 is 5.78 Å². The topological polar surface area (TPSA) is 42.2 Å². The zero-order chi connectivity index (χ0) is 12.1. The third-order valence-electron chi connectivity index (χ3n) is 3.31. The molecule has 0 bridgehead atoms. The quantitative estimate of drug-likeness (QED) is 0.556. The number of unbranched alkanes of at least 4 members (excludes halogenated alkanes) is 3. The van der Waals surface area contributed by atoms with Crippen molar-refractivity contribution in [3.05, 3.63) is 24.0 Å². The summed E-state index contributed by atoms with van der Waals surface area (Å²) in [7, 11) is 0. The highest BCUT2D eigenvalue weighted by atomic mass is 16.2. The molecule has 0 amide bonds. The van der Waals surface area contributed by atoms with Crippen molar-refractivity contribution in [2.24, 2.45) is 5.92 Å². The highest BCUT2D eigenvalue weighted by Gasteiger charge is 2.30. The predicted molar refractivity (Wildman–Crippen MR) is 67.0 cm³/mol. The number of nitrogens with zero attached hydrogens (tertiary/aromatic N) is 1. The number of hydrogen-bond donors (Lipinski definition) is 1. The zero-order valence-corrected chi connectivity index (χ0v) is 10.3. The van der Waals surface area contributed by atoms with Gasteiger partial charge in [-0.05, 0) is 31.7 Å². The van der Waals surface area contributed by atoms with Gasteiger partial charge in [-0.1, -0.05) is 12.8 Å². The van der Waals surface area contributed by atoms with E-state index in [0.717, 1.165) is 50.6 Å². The minimum Gasteiger partial charge on any atom is -0.396 e. The molecule has 3 nitrogen and oxygen atoms in total. The van der Waals surface area contributed by atoms with Crippen LogP contribution in [0.15, 0.2) is 18.5 Å². The normalized spacial score (nSPS) is 15.1. The lowest BCUT2D eigenvalue weighted by Crippen LogP contribution is -2.00. The highest BCUT2D eigenvalue weighted by Crippen LogP contribution is 2.32. The fraction of sp³-hybridized carbons (Fsp3) is 0.643. The van der Waals surface area contributed by atoms with Crippen LogP contribution in [0.3, 0.4) is 0 Å². The van der Waals surface area contributed by atoms with Gasteiger partial charge in [0.1, 0.15) is 0 Å². The minimum absolute atomic E-state index is 0.295. The molecular formula is C14H21NO2. The van der Waals surface area contributed by atoms with Crippen LogP contribution in [0.25, 0.3) is 0 Å². The van der Waals surface area contributed by atoms with Crippen molar-refractivity contribution in [1.82, 2.24) is 4.57 Å². The number of rotatable bonds is 8. The third-order valence-corrected chi connectivity index (χ3v) is 3.31. The number of aryl methyl sites for hydroxylation is 1. The summed E-state index contributed by atoms with van der Waals surface area (Å²) >= 11 is 0. The Balaban J connectivity index is 1.72. The van der Waals surface area contributed by atoms with Crippen molar-refractivity contribution in [3.63, 3.8) is 0 Å². The maximum absolute atomic E-state index is 11.8. The fourth-order valence-corrected chi connectivity index (χ4v) is 2.07. The molecule has 0 saturated heterocycles. The summed E-state index contributed by atoms with van der Waals surface area (Å²) in [5.41, 5.74) is 0.878. The Morgan fingerprint density at radius 3 is 2.76 bits per heavy atom. The fourth-order valence-electron chi connectivity index (χ4n) is 2.07. The van der Waals surface area contributed by atoms with E-state index in [1.165, 1.54) is 0 Å². The van der Waals surface area contributed by atoms with Crippen LogP contribution in [0.1, 0.15) is 48.9 Å². The number of Topliss-reactive ketones (excluding diaryl/α,β-unsaturated/α-hetero) is 1. The van der Waals surface area contributed by atoms with Gasteiger partial charge in [0.15, 0.2) is 5.78 Å². The Kier molecular flexibility index (Phi) is 4.37. The van der Waals surface area contributed by atoms with Gasteiger partial charge >= 0.3 is 0 Å². The lowest BCUT2D eigenvalue weighted by molar-refractivity contribution is 0.0967. The van der Waals surface area contributed by atoms with Gasteiger partial charge < -0.3 is 9.67 Å². The molecule has 1 fully saturated rings. The zero-order valence-electron chi connectivity index (χ0n) is 10.3.